The Bertz CT molecular complexity index is 1050. The predicted octanol–water partition coefficient (Wildman–Crippen LogP) is 4.50. The van der Waals surface area contributed by atoms with Gasteiger partial charge in [-0.05, 0) is 81.5 Å². The fourth-order valence-corrected chi connectivity index (χ4v) is 7.06. The fraction of sp³-hybridized carbons (Fsp3) is 0.643. The van der Waals surface area contributed by atoms with Crippen molar-refractivity contribution in [3.05, 3.63) is 40.4 Å². The topological polar surface area (TPSA) is 100 Å². The molecule has 3 fully saturated rings. The summed E-state index contributed by atoms with van der Waals surface area (Å²) in [5.41, 5.74) is 3.49. The Morgan fingerprint density at radius 2 is 1.94 bits per heavy atom. The summed E-state index contributed by atoms with van der Waals surface area (Å²) in [4.78, 5) is 28.9. The molecule has 1 aromatic heterocycles. The molecule has 2 amide bonds. The van der Waals surface area contributed by atoms with Crippen LogP contribution in [0, 0.1) is 17.8 Å². The molecular weight excluding hydrogens is 457 g/mol. The molecule has 36 heavy (non-hydrogen) atoms. The first-order valence-corrected chi connectivity index (χ1v) is 13.7. The highest BCUT2D eigenvalue weighted by molar-refractivity contribution is 6.43. The second-order valence-corrected chi connectivity index (χ2v) is 11.0. The number of amides is 2. The lowest BCUT2D eigenvalue weighted by molar-refractivity contribution is -0.143. The lowest BCUT2D eigenvalue weighted by atomic mass is 9.58. The van der Waals surface area contributed by atoms with Crippen molar-refractivity contribution in [2.75, 3.05) is 0 Å². The van der Waals surface area contributed by atoms with Crippen molar-refractivity contribution in [1.82, 2.24) is 4.90 Å². The maximum atomic E-state index is 13.7. The Balaban J connectivity index is 1.37. The summed E-state index contributed by atoms with van der Waals surface area (Å²) in [6.07, 6.45) is 10.1. The maximum absolute atomic E-state index is 13.7. The number of likely N-dealkylation sites (tertiary alicyclic amines) is 1. The van der Waals surface area contributed by atoms with Crippen LogP contribution in [0.15, 0.2) is 33.3 Å². The molecule has 3 heterocycles. The van der Waals surface area contributed by atoms with E-state index in [1.165, 1.54) is 12.0 Å². The number of allylic oxidation sites excluding steroid dienone is 2. The molecule has 0 radical (unpaired) electrons. The minimum Gasteiger partial charge on any atom is -0.459 e. The van der Waals surface area contributed by atoms with E-state index in [-0.39, 0.29) is 48.3 Å². The number of hydrogen-bond acceptors (Lipinski definition) is 6. The third-order valence-corrected chi connectivity index (χ3v) is 8.74. The van der Waals surface area contributed by atoms with E-state index in [9.17, 15) is 19.7 Å². The van der Waals surface area contributed by atoms with Crippen molar-refractivity contribution >= 4 is 25.0 Å². The van der Waals surface area contributed by atoms with Crippen molar-refractivity contribution < 1.29 is 28.8 Å². The number of aliphatic hydroxyl groups excluding tert-OH is 1. The van der Waals surface area contributed by atoms with Crippen molar-refractivity contribution in [1.29, 1.82) is 0 Å². The molecule has 4 atom stereocenters. The molecule has 5 rings (SSSR count). The van der Waals surface area contributed by atoms with Gasteiger partial charge in [0.1, 0.15) is 18.1 Å². The molecule has 0 aromatic carbocycles. The number of hydrogen-bond donors (Lipinski definition) is 2. The zero-order valence-corrected chi connectivity index (χ0v) is 21.4. The molecule has 194 valence electrons. The summed E-state index contributed by atoms with van der Waals surface area (Å²) in [7, 11) is -0.936. The normalized spacial score (nSPS) is 29.7. The Labute approximate surface area is 213 Å². The highest BCUT2D eigenvalue weighted by Gasteiger charge is 2.58. The van der Waals surface area contributed by atoms with Crippen LogP contribution in [-0.4, -0.2) is 46.1 Å². The Morgan fingerprint density at radius 1 is 1.17 bits per heavy atom. The van der Waals surface area contributed by atoms with E-state index in [0.717, 1.165) is 49.7 Å². The molecule has 0 spiro atoms. The summed E-state index contributed by atoms with van der Waals surface area (Å²) < 4.78 is 11.6. The first-order chi connectivity index (χ1) is 17.4. The van der Waals surface area contributed by atoms with Gasteiger partial charge in [-0.15, -0.1) is 0 Å². The van der Waals surface area contributed by atoms with E-state index in [4.69, 9.17) is 9.07 Å². The van der Waals surface area contributed by atoms with Gasteiger partial charge < -0.3 is 19.2 Å². The second-order valence-electron chi connectivity index (χ2n) is 11.0. The van der Waals surface area contributed by atoms with Crippen LogP contribution < -0.4 is 0 Å². The summed E-state index contributed by atoms with van der Waals surface area (Å²) in [5.74, 6) is 0.417. The van der Waals surface area contributed by atoms with E-state index in [1.54, 1.807) is 11.0 Å². The molecule has 1 aromatic rings. The first-order valence-electron chi connectivity index (χ1n) is 13.7. The molecule has 2 aliphatic heterocycles. The van der Waals surface area contributed by atoms with E-state index in [1.807, 2.05) is 19.1 Å². The van der Waals surface area contributed by atoms with Crippen LogP contribution in [0.5, 0.6) is 0 Å². The quantitative estimate of drug-likeness (QED) is 0.328. The smallest absolute Gasteiger partial charge is 0.455 e. The minimum atomic E-state index is -0.936. The lowest BCUT2D eigenvalue weighted by Gasteiger charge is -2.43. The van der Waals surface area contributed by atoms with Crippen molar-refractivity contribution in [2.24, 2.45) is 17.8 Å². The van der Waals surface area contributed by atoms with Crippen LogP contribution in [0.25, 0.3) is 6.08 Å². The Hall–Kier alpha value is -2.16. The molecule has 0 unspecified atom stereocenters. The van der Waals surface area contributed by atoms with Gasteiger partial charge in [-0.2, -0.15) is 0 Å². The zero-order chi connectivity index (χ0) is 25.4. The average molecular weight is 495 g/mol. The molecule has 2 N–H and O–H groups in total. The highest BCUT2D eigenvalue weighted by atomic mass is 16.5. The van der Waals surface area contributed by atoms with Gasteiger partial charge in [0.2, 0.25) is 11.8 Å². The van der Waals surface area contributed by atoms with Crippen molar-refractivity contribution in [2.45, 2.75) is 96.7 Å². The van der Waals surface area contributed by atoms with Gasteiger partial charge in [0.05, 0.1) is 17.9 Å². The van der Waals surface area contributed by atoms with E-state index in [2.05, 4.69) is 6.92 Å². The summed E-state index contributed by atoms with van der Waals surface area (Å²) in [6.45, 7) is 4.02. The van der Waals surface area contributed by atoms with E-state index >= 15 is 0 Å². The van der Waals surface area contributed by atoms with Gasteiger partial charge in [0.15, 0.2) is 0 Å². The number of rotatable bonds is 7. The number of imide groups is 1. The third kappa shape index (κ3) is 4.75. The van der Waals surface area contributed by atoms with Crippen LogP contribution in [-0.2, 0) is 20.9 Å². The molecule has 4 aliphatic rings. The zero-order valence-electron chi connectivity index (χ0n) is 21.4. The number of nitrogens with zero attached hydrogens (tertiary/aromatic N) is 1. The Kier molecular flexibility index (Phi) is 7.56. The van der Waals surface area contributed by atoms with Crippen LogP contribution in [0.2, 0.25) is 6.32 Å². The molecule has 7 nitrogen and oxygen atoms in total. The van der Waals surface area contributed by atoms with Crippen LogP contribution >= 0.6 is 0 Å². The molecular formula is C28H38BNO6. The predicted molar refractivity (Wildman–Crippen MR) is 136 cm³/mol. The van der Waals surface area contributed by atoms with Gasteiger partial charge in [0, 0.05) is 6.04 Å². The van der Waals surface area contributed by atoms with Crippen LogP contribution in [0.3, 0.4) is 0 Å². The monoisotopic (exact) mass is 495 g/mol. The molecule has 8 heteroatoms. The average Bonchev–Trinajstić information content (AvgIpc) is 3.43. The summed E-state index contributed by atoms with van der Waals surface area (Å²) >= 11 is 0. The highest BCUT2D eigenvalue weighted by Crippen LogP contribution is 2.52. The standard InChI is InChI=1S/C28H38BNO6/c1-3-18-14-22-26(28(33)30(27(22)32)19-7-5-4-6-8-19)23-15-29(34)36-24(25(18)23)12-9-17(2)13-20-10-11-21(16-31)35-20/h10-11,13,19,22-24,26,31,34H,3-9,12,14-16H2,1-2H3/b17-13+/t22-,23+,24-,26-/m1/s1. The number of furan rings is 1. The fourth-order valence-electron chi connectivity index (χ4n) is 7.06. The van der Waals surface area contributed by atoms with Crippen LogP contribution in [0.4, 0.5) is 0 Å². The maximum Gasteiger partial charge on any atom is 0.455 e. The summed E-state index contributed by atoms with van der Waals surface area (Å²) in [5, 5.41) is 19.9. The second kappa shape index (κ2) is 10.7. The number of aliphatic hydroxyl groups is 1. The lowest BCUT2D eigenvalue weighted by Crippen LogP contribution is -2.46. The van der Waals surface area contributed by atoms with Crippen LogP contribution in [0.1, 0.15) is 83.2 Å². The largest absolute Gasteiger partial charge is 0.459 e. The Morgan fingerprint density at radius 3 is 2.64 bits per heavy atom. The molecule has 1 saturated carbocycles. The molecule has 0 bridgehead atoms. The molecule has 2 saturated heterocycles. The van der Waals surface area contributed by atoms with Gasteiger partial charge in [0.25, 0.3) is 0 Å². The van der Waals surface area contributed by atoms with Gasteiger partial charge in [-0.1, -0.05) is 37.3 Å². The summed E-state index contributed by atoms with van der Waals surface area (Å²) in [6, 6.07) is 3.64. The van der Waals surface area contributed by atoms with E-state index < -0.39 is 7.12 Å². The SMILES string of the molecule is CCC1=C2[C@@H](CC/C(C)=C/c3ccc(CO)o3)OB(O)C[C@@H]2[C@@H]2C(=O)N(C3CCCCC3)C(=O)[C@@H]2C1. The number of fused-ring (bicyclic) bond motifs is 3. The van der Waals surface area contributed by atoms with Crippen molar-refractivity contribution in [3.8, 4) is 0 Å². The number of carbonyl (C=O) groups excluding carboxylic acids is 2. The third-order valence-electron chi connectivity index (χ3n) is 8.74. The molecule has 2 aliphatic carbocycles. The van der Waals surface area contributed by atoms with Crippen molar-refractivity contribution in [3.63, 3.8) is 0 Å². The van der Waals surface area contributed by atoms with Gasteiger partial charge >= 0.3 is 7.12 Å². The van der Waals surface area contributed by atoms with E-state index in [0.29, 0.717) is 30.7 Å². The van der Waals surface area contributed by atoms with Gasteiger partial charge in [-0.25, -0.2) is 0 Å². The van der Waals surface area contributed by atoms with Gasteiger partial charge in [-0.3, -0.25) is 14.5 Å². The number of carbonyl (C=O) groups is 2. The first kappa shape index (κ1) is 25.5. The minimum absolute atomic E-state index is 0.0129.